The van der Waals surface area contributed by atoms with Gasteiger partial charge in [-0.1, -0.05) is 352 Å². The van der Waals surface area contributed by atoms with Crippen LogP contribution >= 0.6 is 0 Å². The Kier molecular flexibility index (Phi) is 69.9. The highest BCUT2D eigenvalue weighted by Gasteiger charge is 2.18. The standard InChI is InChI=1S/C76H145NO5/c1-3-5-7-9-11-13-15-17-19-21-23-24-27-30-33-36-40-44-48-52-56-60-64-68-74(79)73(72-78)77-75(80)69-65-61-57-53-49-45-41-37-34-31-28-25-26-29-32-35-39-43-47-51-55-59-63-67-71-82-76(81)70-66-62-58-54-50-46-42-38-22-20-18-16-14-12-10-8-6-4-2/h20,22,28,31,64,68,73-74,78-79H,3-19,21,23-27,29-30,32-63,65-67,69-72H2,1-2H3,(H,77,80)/b22-20-,31-28-,68-64+. The molecule has 0 aliphatic heterocycles. The fourth-order valence-electron chi connectivity index (χ4n) is 11.7. The predicted octanol–water partition coefficient (Wildman–Crippen LogP) is 24.3. The Morgan fingerprint density at radius 2 is 0.573 bits per heavy atom. The fourth-order valence-corrected chi connectivity index (χ4v) is 11.7. The first kappa shape index (κ1) is 80.1. The van der Waals surface area contributed by atoms with Gasteiger partial charge in [-0.3, -0.25) is 9.59 Å². The van der Waals surface area contributed by atoms with Gasteiger partial charge in [-0.05, 0) is 83.5 Å². The van der Waals surface area contributed by atoms with E-state index in [4.69, 9.17) is 4.74 Å². The summed E-state index contributed by atoms with van der Waals surface area (Å²) in [6.07, 6.45) is 92.3. The molecule has 0 bridgehead atoms. The molecule has 0 fully saturated rings. The summed E-state index contributed by atoms with van der Waals surface area (Å²) in [6.45, 7) is 4.94. The van der Waals surface area contributed by atoms with Gasteiger partial charge >= 0.3 is 5.97 Å². The summed E-state index contributed by atoms with van der Waals surface area (Å²) in [7, 11) is 0. The molecular formula is C76H145NO5. The lowest BCUT2D eigenvalue weighted by atomic mass is 10.0. The van der Waals surface area contributed by atoms with Crippen molar-refractivity contribution in [2.75, 3.05) is 13.2 Å². The normalized spacial score (nSPS) is 12.7. The number of aliphatic hydroxyl groups is 2. The number of amides is 1. The molecule has 0 aliphatic carbocycles. The number of nitrogens with one attached hydrogen (secondary N) is 1. The van der Waals surface area contributed by atoms with E-state index in [1.165, 1.54) is 340 Å². The van der Waals surface area contributed by atoms with Crippen molar-refractivity contribution in [3.8, 4) is 0 Å². The maximum Gasteiger partial charge on any atom is 0.305 e. The summed E-state index contributed by atoms with van der Waals surface area (Å²) in [4.78, 5) is 24.6. The Balaban J connectivity index is 3.42. The molecule has 0 saturated carbocycles. The lowest BCUT2D eigenvalue weighted by Crippen LogP contribution is -2.45. The summed E-state index contributed by atoms with van der Waals surface area (Å²) in [5.41, 5.74) is 0. The Labute approximate surface area is 513 Å². The van der Waals surface area contributed by atoms with E-state index in [1.807, 2.05) is 6.08 Å². The first-order valence-electron chi connectivity index (χ1n) is 37.3. The molecule has 2 atom stereocenters. The Hall–Kier alpha value is -1.92. The van der Waals surface area contributed by atoms with E-state index in [1.54, 1.807) is 6.08 Å². The molecule has 2 unspecified atom stereocenters. The second-order valence-electron chi connectivity index (χ2n) is 25.6. The van der Waals surface area contributed by atoms with E-state index in [-0.39, 0.29) is 18.5 Å². The van der Waals surface area contributed by atoms with E-state index >= 15 is 0 Å². The molecule has 3 N–H and O–H groups in total. The molecule has 6 heteroatoms. The van der Waals surface area contributed by atoms with Crippen LogP contribution in [0.4, 0.5) is 0 Å². The number of hydrogen-bond donors (Lipinski definition) is 3. The molecule has 0 radical (unpaired) electrons. The second kappa shape index (κ2) is 71.6. The minimum absolute atomic E-state index is 0.00991. The van der Waals surface area contributed by atoms with Gasteiger partial charge in [-0.15, -0.1) is 0 Å². The fraction of sp³-hybridized carbons (Fsp3) is 0.895. The highest BCUT2D eigenvalue weighted by molar-refractivity contribution is 5.76. The second-order valence-corrected chi connectivity index (χ2v) is 25.6. The van der Waals surface area contributed by atoms with Crippen molar-refractivity contribution in [3.63, 3.8) is 0 Å². The van der Waals surface area contributed by atoms with Crippen molar-refractivity contribution >= 4 is 11.9 Å². The van der Waals surface area contributed by atoms with Crippen LogP contribution in [0.15, 0.2) is 36.5 Å². The van der Waals surface area contributed by atoms with Crippen LogP contribution in [-0.4, -0.2) is 47.4 Å². The molecule has 0 spiro atoms. The van der Waals surface area contributed by atoms with Gasteiger partial charge in [0, 0.05) is 12.8 Å². The molecule has 82 heavy (non-hydrogen) atoms. The molecule has 1 amide bonds. The van der Waals surface area contributed by atoms with Gasteiger partial charge in [0.25, 0.3) is 0 Å². The average molecular weight is 1150 g/mol. The monoisotopic (exact) mass is 1150 g/mol. The molecule has 0 saturated heterocycles. The van der Waals surface area contributed by atoms with Crippen LogP contribution in [-0.2, 0) is 14.3 Å². The number of carbonyl (C=O) groups excluding carboxylic acids is 2. The van der Waals surface area contributed by atoms with E-state index in [2.05, 4.69) is 43.5 Å². The smallest absolute Gasteiger partial charge is 0.305 e. The number of ether oxygens (including phenoxy) is 1. The van der Waals surface area contributed by atoms with E-state index in [0.717, 1.165) is 44.9 Å². The number of allylic oxidation sites excluding steroid dienone is 5. The third-order valence-corrected chi connectivity index (χ3v) is 17.4. The van der Waals surface area contributed by atoms with Gasteiger partial charge in [0.1, 0.15) is 0 Å². The molecular weight excluding hydrogens is 1010 g/mol. The molecule has 0 aliphatic rings. The van der Waals surface area contributed by atoms with Gasteiger partial charge in [0.05, 0.1) is 25.4 Å². The van der Waals surface area contributed by atoms with Crippen molar-refractivity contribution in [1.29, 1.82) is 0 Å². The van der Waals surface area contributed by atoms with Crippen LogP contribution in [0.1, 0.15) is 412 Å². The largest absolute Gasteiger partial charge is 0.466 e. The Bertz CT molecular complexity index is 1330. The zero-order chi connectivity index (χ0) is 59.2. The van der Waals surface area contributed by atoms with Crippen molar-refractivity contribution in [2.45, 2.75) is 424 Å². The summed E-state index contributed by atoms with van der Waals surface area (Å²) >= 11 is 0. The highest BCUT2D eigenvalue weighted by atomic mass is 16.5. The van der Waals surface area contributed by atoms with Crippen LogP contribution in [0, 0.1) is 0 Å². The molecule has 0 aromatic heterocycles. The van der Waals surface area contributed by atoms with Gasteiger partial charge in [0.15, 0.2) is 0 Å². The van der Waals surface area contributed by atoms with Crippen molar-refractivity contribution in [2.24, 2.45) is 0 Å². The van der Waals surface area contributed by atoms with Gasteiger partial charge in [0.2, 0.25) is 5.91 Å². The van der Waals surface area contributed by atoms with Crippen molar-refractivity contribution < 1.29 is 24.5 Å². The number of unbranched alkanes of at least 4 members (excludes halogenated alkanes) is 55. The van der Waals surface area contributed by atoms with Crippen LogP contribution in [0.3, 0.4) is 0 Å². The number of carbonyl (C=O) groups is 2. The zero-order valence-corrected chi connectivity index (χ0v) is 55.5. The Morgan fingerprint density at radius 3 is 0.866 bits per heavy atom. The quantitative estimate of drug-likeness (QED) is 0.0320. The minimum atomic E-state index is -0.849. The van der Waals surface area contributed by atoms with E-state index < -0.39 is 12.1 Å². The molecule has 0 aromatic carbocycles. The van der Waals surface area contributed by atoms with Crippen molar-refractivity contribution in [1.82, 2.24) is 5.32 Å². The lowest BCUT2D eigenvalue weighted by Gasteiger charge is -2.20. The van der Waals surface area contributed by atoms with E-state index in [9.17, 15) is 19.8 Å². The summed E-state index contributed by atoms with van der Waals surface area (Å²) in [5.74, 6) is -0.0585. The SMILES string of the molecule is CCCCCCCCC/C=C\CCCCCCCCCC(=O)OCCCCCCCCCCCCCC/C=C\CCCCCCCCCCC(=O)NC(CO)C(O)/C=C/CCCCCCCCCCCCCCCCCCCCCCC. The number of esters is 1. The Morgan fingerprint density at radius 1 is 0.329 bits per heavy atom. The van der Waals surface area contributed by atoms with Gasteiger partial charge < -0.3 is 20.3 Å². The third-order valence-electron chi connectivity index (χ3n) is 17.4. The number of rotatable bonds is 70. The van der Waals surface area contributed by atoms with Gasteiger partial charge in [-0.2, -0.15) is 0 Å². The van der Waals surface area contributed by atoms with Crippen molar-refractivity contribution in [3.05, 3.63) is 36.5 Å². The number of aliphatic hydroxyl groups excluding tert-OH is 2. The molecule has 0 rings (SSSR count). The average Bonchev–Trinajstić information content (AvgIpc) is 3.48. The van der Waals surface area contributed by atoms with Crippen LogP contribution in [0.5, 0.6) is 0 Å². The molecule has 484 valence electrons. The van der Waals surface area contributed by atoms with Crippen LogP contribution in [0.25, 0.3) is 0 Å². The maximum atomic E-state index is 12.5. The van der Waals surface area contributed by atoms with Crippen LogP contribution in [0.2, 0.25) is 0 Å². The maximum absolute atomic E-state index is 12.5. The minimum Gasteiger partial charge on any atom is -0.466 e. The summed E-state index contributed by atoms with van der Waals surface area (Å²) in [5, 5.41) is 23.3. The predicted molar refractivity (Wildman–Crippen MR) is 361 cm³/mol. The first-order valence-corrected chi connectivity index (χ1v) is 37.3. The highest BCUT2D eigenvalue weighted by Crippen LogP contribution is 2.19. The third kappa shape index (κ3) is 67.2. The topological polar surface area (TPSA) is 95.9 Å². The van der Waals surface area contributed by atoms with Gasteiger partial charge in [-0.25, -0.2) is 0 Å². The zero-order valence-electron chi connectivity index (χ0n) is 55.5. The summed E-state index contributed by atoms with van der Waals surface area (Å²) < 4.78 is 5.50. The van der Waals surface area contributed by atoms with E-state index in [0.29, 0.717) is 19.4 Å². The molecule has 6 nitrogen and oxygen atoms in total. The molecule has 0 aromatic rings. The van der Waals surface area contributed by atoms with Crippen LogP contribution < -0.4 is 5.32 Å². The number of hydrogen-bond acceptors (Lipinski definition) is 5. The molecule has 0 heterocycles. The first-order chi connectivity index (χ1) is 40.5. The lowest BCUT2D eigenvalue weighted by molar-refractivity contribution is -0.143. The summed E-state index contributed by atoms with van der Waals surface area (Å²) in [6, 6.07) is -0.633.